The SMILES string of the molecule is CCOC(=O)CN(C)C(=O)C1C2CC3CC(C2)CC1C3. The lowest BCUT2D eigenvalue weighted by Crippen LogP contribution is -2.51. The minimum absolute atomic E-state index is 0.0927. The van der Waals surface area contributed by atoms with Crippen molar-refractivity contribution in [3.8, 4) is 0 Å². The van der Waals surface area contributed by atoms with Crippen LogP contribution in [0.1, 0.15) is 39.0 Å². The second kappa shape index (κ2) is 5.38. The van der Waals surface area contributed by atoms with Crippen molar-refractivity contribution >= 4 is 11.9 Å². The molecule has 0 unspecified atom stereocenters. The molecule has 4 saturated carbocycles. The molecule has 4 fully saturated rings. The van der Waals surface area contributed by atoms with Gasteiger partial charge in [0.1, 0.15) is 6.54 Å². The van der Waals surface area contributed by atoms with Gasteiger partial charge in [0.05, 0.1) is 6.61 Å². The predicted octanol–water partition coefficient (Wildman–Crippen LogP) is 2.08. The van der Waals surface area contributed by atoms with Gasteiger partial charge in [-0.3, -0.25) is 9.59 Å². The van der Waals surface area contributed by atoms with Crippen LogP contribution in [0.15, 0.2) is 0 Å². The molecule has 1 amide bonds. The third kappa shape index (κ3) is 2.45. The van der Waals surface area contributed by atoms with E-state index in [1.807, 2.05) is 0 Å². The Hall–Kier alpha value is -1.06. The van der Waals surface area contributed by atoms with Crippen LogP contribution in [0.25, 0.3) is 0 Å². The summed E-state index contributed by atoms with van der Waals surface area (Å²) in [5.41, 5.74) is 0. The van der Waals surface area contributed by atoms with Crippen LogP contribution >= 0.6 is 0 Å². The normalized spacial score (nSPS) is 37.8. The molecule has 4 heteroatoms. The van der Waals surface area contributed by atoms with Crippen molar-refractivity contribution in [2.75, 3.05) is 20.2 Å². The van der Waals surface area contributed by atoms with E-state index in [9.17, 15) is 9.59 Å². The van der Waals surface area contributed by atoms with Crippen LogP contribution in [0, 0.1) is 29.6 Å². The van der Waals surface area contributed by atoms with E-state index in [0.717, 1.165) is 11.8 Å². The van der Waals surface area contributed by atoms with E-state index < -0.39 is 0 Å². The Morgan fingerprint density at radius 2 is 1.60 bits per heavy atom. The topological polar surface area (TPSA) is 46.6 Å². The maximum absolute atomic E-state index is 12.7. The average molecular weight is 279 g/mol. The van der Waals surface area contributed by atoms with Crippen molar-refractivity contribution < 1.29 is 14.3 Å². The summed E-state index contributed by atoms with van der Waals surface area (Å²) in [5, 5.41) is 0. The highest BCUT2D eigenvalue weighted by Gasteiger charge is 2.51. The maximum atomic E-state index is 12.7. The first-order valence-electron chi connectivity index (χ1n) is 7.99. The maximum Gasteiger partial charge on any atom is 0.325 e. The summed E-state index contributed by atoms with van der Waals surface area (Å²) in [6, 6.07) is 0. The number of amides is 1. The molecule has 4 bridgehead atoms. The molecule has 0 aromatic rings. The summed E-state index contributed by atoms with van der Waals surface area (Å²) in [4.78, 5) is 25.8. The van der Waals surface area contributed by atoms with Crippen molar-refractivity contribution in [3.05, 3.63) is 0 Å². The van der Waals surface area contributed by atoms with E-state index in [1.54, 1.807) is 18.9 Å². The quantitative estimate of drug-likeness (QED) is 0.740. The average Bonchev–Trinajstić information content (AvgIpc) is 2.37. The van der Waals surface area contributed by atoms with Gasteiger partial charge in [0, 0.05) is 13.0 Å². The molecule has 0 heterocycles. The van der Waals surface area contributed by atoms with Crippen molar-refractivity contribution in [2.45, 2.75) is 39.0 Å². The number of carbonyl (C=O) groups is 2. The summed E-state index contributed by atoms with van der Waals surface area (Å²) in [5.74, 6) is 2.93. The van der Waals surface area contributed by atoms with Crippen LogP contribution in [0.2, 0.25) is 0 Å². The van der Waals surface area contributed by atoms with Gasteiger partial charge in [0.15, 0.2) is 0 Å². The van der Waals surface area contributed by atoms with Gasteiger partial charge in [-0.1, -0.05) is 0 Å². The molecule has 4 aliphatic carbocycles. The van der Waals surface area contributed by atoms with Gasteiger partial charge < -0.3 is 9.64 Å². The van der Waals surface area contributed by atoms with Crippen LogP contribution in [-0.2, 0) is 14.3 Å². The molecule has 0 spiro atoms. The van der Waals surface area contributed by atoms with E-state index in [4.69, 9.17) is 4.74 Å². The zero-order valence-electron chi connectivity index (χ0n) is 12.5. The first-order valence-corrected chi connectivity index (χ1v) is 7.99. The largest absolute Gasteiger partial charge is 0.465 e. The fraction of sp³-hybridized carbons (Fsp3) is 0.875. The lowest BCUT2D eigenvalue weighted by Gasteiger charge is -2.54. The van der Waals surface area contributed by atoms with E-state index >= 15 is 0 Å². The number of carbonyl (C=O) groups excluding carboxylic acids is 2. The summed E-state index contributed by atoms with van der Waals surface area (Å²) < 4.78 is 4.94. The van der Waals surface area contributed by atoms with Gasteiger partial charge in [0.2, 0.25) is 5.91 Å². The molecule has 0 N–H and O–H groups in total. The molecule has 4 nitrogen and oxygen atoms in total. The Kier molecular flexibility index (Phi) is 3.74. The molecule has 20 heavy (non-hydrogen) atoms. The summed E-state index contributed by atoms with van der Waals surface area (Å²) >= 11 is 0. The van der Waals surface area contributed by atoms with Crippen molar-refractivity contribution in [1.29, 1.82) is 0 Å². The van der Waals surface area contributed by atoms with E-state index in [1.165, 1.54) is 32.1 Å². The highest BCUT2D eigenvalue weighted by Crippen LogP contribution is 2.56. The van der Waals surface area contributed by atoms with Crippen LogP contribution in [0.3, 0.4) is 0 Å². The number of rotatable bonds is 4. The summed E-state index contributed by atoms with van der Waals surface area (Å²) in [6.07, 6.45) is 6.33. The fourth-order valence-corrected chi connectivity index (χ4v) is 5.06. The number of esters is 1. The van der Waals surface area contributed by atoms with Gasteiger partial charge in [0.25, 0.3) is 0 Å². The summed E-state index contributed by atoms with van der Waals surface area (Å²) in [6.45, 7) is 2.26. The molecule has 0 aromatic carbocycles. The molecular weight excluding hydrogens is 254 g/mol. The second-order valence-electron chi connectivity index (χ2n) is 6.96. The minimum Gasteiger partial charge on any atom is -0.465 e. The Balaban J connectivity index is 1.63. The Bertz CT molecular complexity index is 379. The molecule has 0 saturated heterocycles. The van der Waals surface area contributed by atoms with Crippen molar-refractivity contribution in [3.63, 3.8) is 0 Å². The molecule has 0 aromatic heterocycles. The third-order valence-electron chi connectivity index (χ3n) is 5.56. The van der Waals surface area contributed by atoms with E-state index in [2.05, 4.69) is 0 Å². The highest BCUT2D eigenvalue weighted by atomic mass is 16.5. The molecule has 0 atom stereocenters. The smallest absolute Gasteiger partial charge is 0.325 e. The van der Waals surface area contributed by atoms with Gasteiger partial charge in [-0.15, -0.1) is 0 Å². The van der Waals surface area contributed by atoms with Gasteiger partial charge in [-0.25, -0.2) is 0 Å². The second-order valence-corrected chi connectivity index (χ2v) is 6.96. The highest BCUT2D eigenvalue weighted by molar-refractivity contribution is 5.84. The lowest BCUT2D eigenvalue weighted by atomic mass is 9.51. The molecule has 0 aliphatic heterocycles. The van der Waals surface area contributed by atoms with Gasteiger partial charge in [-0.2, -0.15) is 0 Å². The van der Waals surface area contributed by atoms with E-state index in [-0.39, 0.29) is 24.3 Å². The molecule has 0 radical (unpaired) electrons. The van der Waals surface area contributed by atoms with Gasteiger partial charge in [-0.05, 0) is 62.7 Å². The number of nitrogens with zero attached hydrogens (tertiary/aromatic N) is 1. The zero-order chi connectivity index (χ0) is 14.3. The number of ether oxygens (including phenoxy) is 1. The first kappa shape index (κ1) is 13.9. The van der Waals surface area contributed by atoms with Crippen molar-refractivity contribution in [2.24, 2.45) is 29.6 Å². The standard InChI is InChI=1S/C16H25NO3/c1-3-20-14(18)9-17(2)16(19)15-12-5-10-4-11(7-12)8-13(15)6-10/h10-13,15H,3-9H2,1-2H3. The van der Waals surface area contributed by atoms with Crippen LogP contribution in [0.4, 0.5) is 0 Å². The molecule has 112 valence electrons. The Morgan fingerprint density at radius 1 is 1.05 bits per heavy atom. The molecule has 4 rings (SSSR count). The molecular formula is C16H25NO3. The van der Waals surface area contributed by atoms with Crippen LogP contribution < -0.4 is 0 Å². The minimum atomic E-state index is -0.299. The summed E-state index contributed by atoms with van der Waals surface area (Å²) in [7, 11) is 1.74. The number of likely N-dealkylation sites (N-methyl/N-ethyl adjacent to an activating group) is 1. The lowest BCUT2D eigenvalue weighted by molar-refractivity contribution is -0.155. The van der Waals surface area contributed by atoms with Crippen LogP contribution in [-0.4, -0.2) is 37.0 Å². The van der Waals surface area contributed by atoms with Crippen molar-refractivity contribution in [1.82, 2.24) is 4.90 Å². The number of hydrogen-bond donors (Lipinski definition) is 0. The van der Waals surface area contributed by atoms with E-state index in [0.29, 0.717) is 18.4 Å². The zero-order valence-corrected chi connectivity index (χ0v) is 12.5. The Labute approximate surface area is 120 Å². The number of hydrogen-bond acceptors (Lipinski definition) is 3. The fourth-order valence-electron chi connectivity index (χ4n) is 5.06. The predicted molar refractivity (Wildman–Crippen MR) is 74.8 cm³/mol. The van der Waals surface area contributed by atoms with Crippen LogP contribution in [0.5, 0.6) is 0 Å². The first-order chi connectivity index (χ1) is 9.58. The Morgan fingerprint density at radius 3 is 2.10 bits per heavy atom. The third-order valence-corrected chi connectivity index (χ3v) is 5.56. The molecule has 4 aliphatic rings. The van der Waals surface area contributed by atoms with Gasteiger partial charge >= 0.3 is 5.97 Å². The monoisotopic (exact) mass is 279 g/mol.